The average Bonchev–Trinajstić information content (AvgIpc) is 2.41. The molecule has 0 spiro atoms. The Bertz CT molecular complexity index is 556. The molecular weight excluding hydrogens is 404 g/mol. The predicted molar refractivity (Wildman–Crippen MR) is 101 cm³/mol. The quantitative estimate of drug-likeness (QED) is 0.623. The first-order chi connectivity index (χ1) is 10.3. The van der Waals surface area contributed by atoms with Gasteiger partial charge in [-0.05, 0) is 83.0 Å². The molecule has 3 rings (SSSR count). The van der Waals surface area contributed by atoms with E-state index in [1.54, 1.807) is 0 Å². The van der Waals surface area contributed by atoms with Crippen molar-refractivity contribution in [2.24, 2.45) is 17.3 Å². The summed E-state index contributed by atoms with van der Waals surface area (Å²) in [4.78, 5) is 0. The van der Waals surface area contributed by atoms with Crippen LogP contribution in [-0.2, 0) is 6.54 Å². The zero-order valence-corrected chi connectivity index (χ0v) is 16.6. The van der Waals surface area contributed by atoms with E-state index in [4.69, 9.17) is 5.73 Å². The molecule has 0 heterocycles. The van der Waals surface area contributed by atoms with Gasteiger partial charge in [0.2, 0.25) is 0 Å². The van der Waals surface area contributed by atoms with Crippen LogP contribution in [0, 0.1) is 17.3 Å². The van der Waals surface area contributed by atoms with Crippen LogP contribution >= 0.6 is 31.9 Å². The molecule has 0 amide bonds. The minimum absolute atomic E-state index is 0.520. The zero-order valence-electron chi connectivity index (χ0n) is 13.5. The summed E-state index contributed by atoms with van der Waals surface area (Å²) in [7, 11) is 0. The van der Waals surface area contributed by atoms with Crippen LogP contribution in [0.4, 0.5) is 5.69 Å². The molecule has 2 bridgehead atoms. The summed E-state index contributed by atoms with van der Waals surface area (Å²) >= 11 is 7.09. The van der Waals surface area contributed by atoms with Crippen LogP contribution in [0.5, 0.6) is 0 Å². The second-order valence-corrected chi connectivity index (χ2v) is 9.73. The number of halogens is 2. The highest BCUT2D eigenvalue weighted by Gasteiger charge is 2.40. The van der Waals surface area contributed by atoms with Crippen molar-refractivity contribution in [3.05, 3.63) is 26.6 Å². The van der Waals surface area contributed by atoms with Gasteiger partial charge in [-0.1, -0.05) is 29.8 Å². The number of nitrogens with two attached hydrogens (primary N) is 1. The highest BCUT2D eigenvalue weighted by molar-refractivity contribution is 9.11. The molecule has 3 N–H and O–H groups in total. The molecule has 2 saturated carbocycles. The van der Waals surface area contributed by atoms with E-state index >= 15 is 0 Å². The van der Waals surface area contributed by atoms with Gasteiger partial charge in [0, 0.05) is 21.5 Å². The topological polar surface area (TPSA) is 38.0 Å². The normalized spacial score (nSPS) is 30.3. The second-order valence-electron chi connectivity index (χ2n) is 7.96. The van der Waals surface area contributed by atoms with Crippen LogP contribution in [0.25, 0.3) is 0 Å². The molecule has 0 aliphatic heterocycles. The van der Waals surface area contributed by atoms with Crippen LogP contribution in [0.2, 0.25) is 0 Å². The van der Waals surface area contributed by atoms with Gasteiger partial charge < -0.3 is 11.1 Å². The number of rotatable bonds is 3. The van der Waals surface area contributed by atoms with Crippen molar-refractivity contribution in [2.45, 2.75) is 58.5 Å². The average molecular weight is 430 g/mol. The van der Waals surface area contributed by atoms with Gasteiger partial charge in [-0.25, -0.2) is 0 Å². The number of fused-ring (bicyclic) bond motifs is 2. The Kier molecular flexibility index (Phi) is 4.92. The van der Waals surface area contributed by atoms with Gasteiger partial charge in [0.05, 0.1) is 5.69 Å². The van der Waals surface area contributed by atoms with Crippen molar-refractivity contribution in [1.82, 2.24) is 5.32 Å². The fraction of sp³-hybridized carbons (Fsp3) is 0.667. The lowest BCUT2D eigenvalue weighted by Crippen LogP contribution is -2.45. The van der Waals surface area contributed by atoms with Crippen LogP contribution in [-0.4, -0.2) is 6.04 Å². The maximum absolute atomic E-state index is 6.20. The Morgan fingerprint density at radius 2 is 2.00 bits per heavy atom. The van der Waals surface area contributed by atoms with Crippen LogP contribution in [0.1, 0.15) is 51.5 Å². The van der Waals surface area contributed by atoms with E-state index < -0.39 is 0 Å². The lowest BCUT2D eigenvalue weighted by molar-refractivity contribution is 0.0564. The molecule has 0 aromatic heterocycles. The van der Waals surface area contributed by atoms with Gasteiger partial charge in [0.1, 0.15) is 0 Å². The van der Waals surface area contributed by atoms with Crippen LogP contribution in [0.3, 0.4) is 0 Å². The summed E-state index contributed by atoms with van der Waals surface area (Å²) in [5.74, 6) is 1.79. The van der Waals surface area contributed by atoms with Gasteiger partial charge >= 0.3 is 0 Å². The number of nitrogens with one attached hydrogen (secondary N) is 1. The Labute approximate surface area is 150 Å². The highest BCUT2D eigenvalue weighted by atomic mass is 79.9. The molecule has 0 radical (unpaired) electrons. The number of anilines is 1. The molecule has 3 atom stereocenters. The summed E-state index contributed by atoms with van der Waals surface area (Å²) in [6.45, 7) is 5.74. The second kappa shape index (κ2) is 6.45. The first-order valence-corrected chi connectivity index (χ1v) is 9.89. The maximum Gasteiger partial charge on any atom is 0.0504 e. The zero-order chi connectivity index (χ0) is 15.9. The first-order valence-electron chi connectivity index (χ1n) is 8.31. The third-order valence-corrected chi connectivity index (χ3v) is 6.60. The molecule has 2 aliphatic carbocycles. The molecule has 2 nitrogen and oxygen atoms in total. The summed E-state index contributed by atoms with van der Waals surface area (Å²) in [6.07, 6.45) is 6.90. The van der Waals surface area contributed by atoms with Gasteiger partial charge in [0.25, 0.3) is 0 Å². The molecule has 3 unspecified atom stereocenters. The smallest absolute Gasteiger partial charge is 0.0504 e. The van der Waals surface area contributed by atoms with E-state index in [-0.39, 0.29) is 0 Å². The minimum atomic E-state index is 0.520. The fourth-order valence-electron chi connectivity index (χ4n) is 4.64. The van der Waals surface area contributed by atoms with E-state index in [0.29, 0.717) is 11.5 Å². The van der Waals surface area contributed by atoms with Gasteiger partial charge in [0.15, 0.2) is 0 Å². The largest absolute Gasteiger partial charge is 0.398 e. The van der Waals surface area contributed by atoms with Crippen LogP contribution in [0.15, 0.2) is 21.1 Å². The van der Waals surface area contributed by atoms with E-state index in [2.05, 4.69) is 57.1 Å². The monoisotopic (exact) mass is 428 g/mol. The highest BCUT2D eigenvalue weighted by Crippen LogP contribution is 2.48. The first kappa shape index (κ1) is 16.8. The van der Waals surface area contributed by atoms with Gasteiger partial charge in [-0.3, -0.25) is 0 Å². The molecule has 0 saturated heterocycles. The Morgan fingerprint density at radius 3 is 2.77 bits per heavy atom. The lowest BCUT2D eigenvalue weighted by Gasteiger charge is -2.47. The van der Waals surface area contributed by atoms with Gasteiger partial charge in [-0.2, -0.15) is 0 Å². The van der Waals surface area contributed by atoms with Crippen molar-refractivity contribution in [2.75, 3.05) is 5.73 Å². The predicted octanol–water partition coefficient (Wildman–Crippen LogP) is 5.49. The number of hydrogen-bond donors (Lipinski definition) is 2. The summed E-state index contributed by atoms with van der Waals surface area (Å²) in [6, 6.07) is 4.78. The Balaban J connectivity index is 1.67. The van der Waals surface area contributed by atoms with E-state index in [1.807, 2.05) is 6.07 Å². The van der Waals surface area contributed by atoms with Gasteiger partial charge in [-0.15, -0.1) is 0 Å². The van der Waals surface area contributed by atoms with Crippen molar-refractivity contribution in [3.8, 4) is 0 Å². The van der Waals surface area contributed by atoms with Crippen molar-refractivity contribution >= 4 is 37.5 Å². The number of benzene rings is 1. The Hall–Kier alpha value is -0.0600. The third kappa shape index (κ3) is 3.70. The number of nitrogen functional groups attached to an aromatic ring is 1. The SMILES string of the molecule is CC1(C)CC2CCC(NCc3cc(Br)cc(Br)c3N)C(C2)C1. The third-order valence-electron chi connectivity index (χ3n) is 5.48. The lowest BCUT2D eigenvalue weighted by atomic mass is 9.61. The van der Waals surface area contributed by atoms with Crippen molar-refractivity contribution < 1.29 is 0 Å². The molecule has 1 aromatic rings. The maximum atomic E-state index is 6.20. The molecule has 2 fully saturated rings. The summed E-state index contributed by atoms with van der Waals surface area (Å²) < 4.78 is 2.05. The fourth-order valence-corrected chi connectivity index (χ4v) is 5.95. The van der Waals surface area contributed by atoms with E-state index in [0.717, 1.165) is 33.0 Å². The van der Waals surface area contributed by atoms with E-state index in [1.165, 1.54) is 37.7 Å². The molecule has 4 heteroatoms. The summed E-state index contributed by atoms with van der Waals surface area (Å²) in [5.41, 5.74) is 8.76. The Morgan fingerprint density at radius 1 is 1.23 bits per heavy atom. The molecule has 22 heavy (non-hydrogen) atoms. The van der Waals surface area contributed by atoms with Crippen LogP contribution < -0.4 is 11.1 Å². The standard InChI is InChI=1S/C18H26Br2N2/c1-18(2)8-11-3-4-16(12(5-11)9-18)22-10-13-6-14(19)7-15(20)17(13)21/h6-7,11-12,16,22H,3-5,8-10,21H2,1-2H3. The molecule has 122 valence electrons. The van der Waals surface area contributed by atoms with Crippen molar-refractivity contribution in [1.29, 1.82) is 0 Å². The molecule has 2 aliphatic rings. The molecular formula is C18H26Br2N2. The van der Waals surface area contributed by atoms with Crippen molar-refractivity contribution in [3.63, 3.8) is 0 Å². The molecule has 1 aromatic carbocycles. The number of hydrogen-bond acceptors (Lipinski definition) is 2. The van der Waals surface area contributed by atoms with E-state index in [9.17, 15) is 0 Å². The summed E-state index contributed by atoms with van der Waals surface area (Å²) in [5, 5.41) is 3.80. The minimum Gasteiger partial charge on any atom is -0.398 e.